The molecule has 1 fully saturated rings. The molecule has 1 heterocycles. The van der Waals surface area contributed by atoms with E-state index in [1.165, 1.54) is 21.3 Å². The lowest BCUT2D eigenvalue weighted by atomic mass is 9.89. The van der Waals surface area contributed by atoms with Gasteiger partial charge in [-0.15, -0.1) is 0 Å². The number of carbonyl (C=O) groups excluding carboxylic acids is 2. The lowest BCUT2D eigenvalue weighted by Gasteiger charge is -2.33. The number of benzene rings is 1. The van der Waals surface area contributed by atoms with Crippen LogP contribution in [0.5, 0.6) is 17.2 Å². The minimum Gasteiger partial charge on any atom is -0.493 e. The van der Waals surface area contributed by atoms with Crippen LogP contribution in [0.25, 0.3) is 0 Å². The predicted molar refractivity (Wildman–Crippen MR) is 98.9 cm³/mol. The van der Waals surface area contributed by atoms with Gasteiger partial charge in [0.15, 0.2) is 11.5 Å². The lowest BCUT2D eigenvalue weighted by molar-refractivity contribution is -0.147. The maximum atomic E-state index is 12.8. The summed E-state index contributed by atoms with van der Waals surface area (Å²) >= 11 is 0. The van der Waals surface area contributed by atoms with E-state index in [1.54, 1.807) is 30.9 Å². The highest BCUT2D eigenvalue weighted by molar-refractivity contribution is 6.10. The molecule has 144 valence electrons. The zero-order valence-electron chi connectivity index (χ0n) is 16.2. The molecular formula is C19H28N2O5. The van der Waals surface area contributed by atoms with Crippen LogP contribution in [-0.2, 0) is 9.59 Å². The Labute approximate surface area is 154 Å². The molecule has 1 aliphatic rings. The van der Waals surface area contributed by atoms with Crippen molar-refractivity contribution in [3.8, 4) is 17.2 Å². The van der Waals surface area contributed by atoms with E-state index in [0.29, 0.717) is 36.0 Å². The average Bonchev–Trinajstić information content (AvgIpc) is 2.66. The first-order chi connectivity index (χ1) is 12.3. The monoisotopic (exact) mass is 364 g/mol. The fraction of sp³-hybridized carbons (Fsp3) is 0.579. The first kappa shape index (κ1) is 19.9. The SMILES string of the molecule is COc1cc(NC(=O)C(C)(C)C(=O)N2CCCCC2)cc(OC)c1OC. The molecule has 0 radical (unpaired) electrons. The number of ether oxygens (including phenoxy) is 3. The lowest BCUT2D eigenvalue weighted by Crippen LogP contribution is -2.48. The predicted octanol–water partition coefficient (Wildman–Crippen LogP) is 2.69. The average molecular weight is 364 g/mol. The highest BCUT2D eigenvalue weighted by Gasteiger charge is 2.39. The molecule has 1 aromatic rings. The molecular weight excluding hydrogens is 336 g/mol. The maximum absolute atomic E-state index is 12.8. The first-order valence-electron chi connectivity index (χ1n) is 8.76. The van der Waals surface area contributed by atoms with Gasteiger partial charge in [0, 0.05) is 30.9 Å². The van der Waals surface area contributed by atoms with Crippen molar-refractivity contribution in [2.45, 2.75) is 33.1 Å². The Hall–Kier alpha value is -2.44. The Balaban J connectivity index is 2.21. The summed E-state index contributed by atoms with van der Waals surface area (Å²) in [5.41, 5.74) is -0.693. The standard InChI is InChI=1S/C19H28N2O5/c1-19(2,18(23)21-9-7-6-8-10-21)17(22)20-13-11-14(24-3)16(26-5)15(12-13)25-4/h11-12H,6-10H2,1-5H3,(H,20,22). The van der Waals surface area contributed by atoms with E-state index in [1.807, 2.05) is 0 Å². The van der Waals surface area contributed by atoms with Gasteiger partial charge in [-0.05, 0) is 33.1 Å². The van der Waals surface area contributed by atoms with Crippen LogP contribution in [0.2, 0.25) is 0 Å². The minimum atomic E-state index is -1.17. The van der Waals surface area contributed by atoms with Crippen molar-refractivity contribution in [3.63, 3.8) is 0 Å². The second kappa shape index (κ2) is 8.29. The molecule has 26 heavy (non-hydrogen) atoms. The number of amides is 2. The number of hydrogen-bond acceptors (Lipinski definition) is 5. The Morgan fingerprint density at radius 1 is 0.962 bits per heavy atom. The molecule has 1 aliphatic heterocycles. The van der Waals surface area contributed by atoms with Crippen molar-refractivity contribution in [2.24, 2.45) is 5.41 Å². The number of carbonyl (C=O) groups is 2. The van der Waals surface area contributed by atoms with Crippen LogP contribution in [0.15, 0.2) is 12.1 Å². The number of piperidine rings is 1. The molecule has 0 aliphatic carbocycles. The van der Waals surface area contributed by atoms with Crippen LogP contribution < -0.4 is 19.5 Å². The van der Waals surface area contributed by atoms with Gasteiger partial charge < -0.3 is 24.4 Å². The van der Waals surface area contributed by atoms with Gasteiger partial charge in [-0.3, -0.25) is 9.59 Å². The van der Waals surface area contributed by atoms with Gasteiger partial charge in [-0.1, -0.05) is 0 Å². The molecule has 2 rings (SSSR count). The summed E-state index contributed by atoms with van der Waals surface area (Å²) in [6.07, 6.45) is 3.09. The van der Waals surface area contributed by atoms with Gasteiger partial charge in [-0.2, -0.15) is 0 Å². The first-order valence-corrected chi connectivity index (χ1v) is 8.76. The number of methoxy groups -OCH3 is 3. The van der Waals surface area contributed by atoms with E-state index in [-0.39, 0.29) is 11.8 Å². The molecule has 0 atom stereocenters. The van der Waals surface area contributed by atoms with Crippen molar-refractivity contribution in [2.75, 3.05) is 39.7 Å². The summed E-state index contributed by atoms with van der Waals surface area (Å²) in [4.78, 5) is 27.4. The molecule has 2 amide bonds. The molecule has 0 spiro atoms. The van der Waals surface area contributed by atoms with E-state index in [2.05, 4.69) is 5.32 Å². The Morgan fingerprint density at radius 2 is 1.50 bits per heavy atom. The van der Waals surface area contributed by atoms with Gasteiger partial charge in [-0.25, -0.2) is 0 Å². The van der Waals surface area contributed by atoms with E-state index in [0.717, 1.165) is 19.3 Å². The van der Waals surface area contributed by atoms with Gasteiger partial charge in [0.1, 0.15) is 5.41 Å². The van der Waals surface area contributed by atoms with Crippen molar-refractivity contribution in [3.05, 3.63) is 12.1 Å². The maximum Gasteiger partial charge on any atom is 0.239 e. The van der Waals surface area contributed by atoms with E-state index in [4.69, 9.17) is 14.2 Å². The number of nitrogens with one attached hydrogen (secondary N) is 1. The number of nitrogens with zero attached hydrogens (tertiary/aromatic N) is 1. The molecule has 7 nitrogen and oxygen atoms in total. The van der Waals surface area contributed by atoms with Crippen LogP contribution in [0.4, 0.5) is 5.69 Å². The molecule has 0 saturated carbocycles. The van der Waals surface area contributed by atoms with Gasteiger partial charge >= 0.3 is 0 Å². The number of anilines is 1. The van der Waals surface area contributed by atoms with Crippen LogP contribution in [-0.4, -0.2) is 51.1 Å². The number of likely N-dealkylation sites (tertiary alicyclic amines) is 1. The van der Waals surface area contributed by atoms with E-state index < -0.39 is 5.41 Å². The molecule has 1 N–H and O–H groups in total. The fourth-order valence-electron chi connectivity index (χ4n) is 3.03. The summed E-state index contributed by atoms with van der Waals surface area (Å²) in [6.45, 7) is 4.72. The minimum absolute atomic E-state index is 0.151. The van der Waals surface area contributed by atoms with E-state index in [9.17, 15) is 9.59 Å². The van der Waals surface area contributed by atoms with E-state index >= 15 is 0 Å². The van der Waals surface area contributed by atoms with Crippen LogP contribution >= 0.6 is 0 Å². The Bertz CT molecular complexity index is 641. The Kier molecular flexibility index (Phi) is 6.34. The Morgan fingerprint density at radius 3 is 1.96 bits per heavy atom. The molecule has 1 saturated heterocycles. The largest absolute Gasteiger partial charge is 0.493 e. The molecule has 1 aromatic carbocycles. The summed E-state index contributed by atoms with van der Waals surface area (Å²) in [6, 6.07) is 3.28. The van der Waals surface area contributed by atoms with Gasteiger partial charge in [0.05, 0.1) is 21.3 Å². The van der Waals surface area contributed by atoms with Crippen molar-refractivity contribution < 1.29 is 23.8 Å². The van der Waals surface area contributed by atoms with Gasteiger partial charge in [0.25, 0.3) is 0 Å². The van der Waals surface area contributed by atoms with Crippen molar-refractivity contribution >= 4 is 17.5 Å². The van der Waals surface area contributed by atoms with Crippen LogP contribution in [0, 0.1) is 5.41 Å². The second-order valence-electron chi connectivity index (χ2n) is 6.85. The third kappa shape index (κ3) is 4.03. The highest BCUT2D eigenvalue weighted by Crippen LogP contribution is 2.40. The smallest absolute Gasteiger partial charge is 0.239 e. The summed E-state index contributed by atoms with van der Waals surface area (Å²) in [7, 11) is 4.53. The molecule has 0 bridgehead atoms. The third-order valence-electron chi connectivity index (χ3n) is 4.67. The second-order valence-corrected chi connectivity index (χ2v) is 6.85. The fourth-order valence-corrected chi connectivity index (χ4v) is 3.03. The van der Waals surface area contributed by atoms with Crippen LogP contribution in [0.1, 0.15) is 33.1 Å². The van der Waals surface area contributed by atoms with Crippen molar-refractivity contribution in [1.82, 2.24) is 4.90 Å². The number of hydrogen-bond donors (Lipinski definition) is 1. The van der Waals surface area contributed by atoms with Crippen molar-refractivity contribution in [1.29, 1.82) is 0 Å². The normalized spacial score (nSPS) is 14.6. The zero-order valence-corrected chi connectivity index (χ0v) is 16.2. The molecule has 0 unspecified atom stereocenters. The number of rotatable bonds is 6. The quantitative estimate of drug-likeness (QED) is 0.786. The summed E-state index contributed by atoms with van der Waals surface area (Å²) in [5, 5.41) is 2.80. The van der Waals surface area contributed by atoms with Gasteiger partial charge in [0.2, 0.25) is 17.6 Å². The third-order valence-corrected chi connectivity index (χ3v) is 4.67. The molecule has 0 aromatic heterocycles. The topological polar surface area (TPSA) is 77.1 Å². The summed E-state index contributed by atoms with van der Waals surface area (Å²) in [5.74, 6) is 0.783. The van der Waals surface area contributed by atoms with Crippen LogP contribution in [0.3, 0.4) is 0 Å². The summed E-state index contributed by atoms with van der Waals surface area (Å²) < 4.78 is 15.9. The highest BCUT2D eigenvalue weighted by atomic mass is 16.5. The molecule has 7 heteroatoms. The zero-order chi connectivity index (χ0) is 19.3.